The molecule has 0 saturated heterocycles. The van der Waals surface area contributed by atoms with Crippen LogP contribution in [0.3, 0.4) is 0 Å². The summed E-state index contributed by atoms with van der Waals surface area (Å²) in [6, 6.07) is 4.59. The molecule has 3 aliphatic rings. The highest BCUT2D eigenvalue weighted by Crippen LogP contribution is 2.59. The van der Waals surface area contributed by atoms with Crippen LogP contribution in [0.25, 0.3) is 17.2 Å². The highest BCUT2D eigenvalue weighted by Gasteiger charge is 2.44. The second kappa shape index (κ2) is 3.01. The molecule has 17 heavy (non-hydrogen) atoms. The SMILES string of the molecule is C=C1CC=Cc2ccc3c(c21)C(=C)CC1CC31. The van der Waals surface area contributed by atoms with Gasteiger partial charge in [-0.3, -0.25) is 0 Å². The smallest absolute Gasteiger partial charge is 0.00768 e. The summed E-state index contributed by atoms with van der Waals surface area (Å²) in [5.41, 5.74) is 8.31. The Morgan fingerprint density at radius 2 is 1.94 bits per heavy atom. The van der Waals surface area contributed by atoms with Gasteiger partial charge in [-0.05, 0) is 64.5 Å². The monoisotopic (exact) mass is 220 g/mol. The zero-order valence-corrected chi connectivity index (χ0v) is 10.00. The molecule has 0 aliphatic heterocycles. The molecule has 0 bridgehead atoms. The fraction of sp³-hybridized carbons (Fsp3) is 0.294. The minimum Gasteiger partial charge on any atom is -0.0952 e. The van der Waals surface area contributed by atoms with Gasteiger partial charge in [-0.1, -0.05) is 37.4 Å². The molecule has 0 heteroatoms. The van der Waals surface area contributed by atoms with Crippen molar-refractivity contribution < 1.29 is 0 Å². The Morgan fingerprint density at radius 1 is 1.06 bits per heavy atom. The van der Waals surface area contributed by atoms with Gasteiger partial charge < -0.3 is 0 Å². The van der Waals surface area contributed by atoms with Gasteiger partial charge >= 0.3 is 0 Å². The molecular weight excluding hydrogens is 204 g/mol. The van der Waals surface area contributed by atoms with Crippen LogP contribution in [0.1, 0.15) is 47.4 Å². The van der Waals surface area contributed by atoms with Gasteiger partial charge in [-0.15, -0.1) is 0 Å². The largest absolute Gasteiger partial charge is 0.0952 e. The highest BCUT2D eigenvalue weighted by molar-refractivity contribution is 5.89. The third-order valence-electron chi connectivity index (χ3n) is 4.47. The minimum atomic E-state index is 0.819. The molecule has 1 aromatic carbocycles. The molecule has 1 aromatic rings. The van der Waals surface area contributed by atoms with Crippen LogP contribution < -0.4 is 0 Å². The molecule has 1 fully saturated rings. The van der Waals surface area contributed by atoms with Gasteiger partial charge in [0.25, 0.3) is 0 Å². The van der Waals surface area contributed by atoms with Crippen LogP contribution in [0, 0.1) is 5.92 Å². The van der Waals surface area contributed by atoms with Crippen molar-refractivity contribution in [3.05, 3.63) is 53.6 Å². The second-order valence-electron chi connectivity index (χ2n) is 5.61. The van der Waals surface area contributed by atoms with Gasteiger partial charge in [0.2, 0.25) is 0 Å². The highest BCUT2D eigenvalue weighted by atomic mass is 14.5. The van der Waals surface area contributed by atoms with E-state index in [0.29, 0.717) is 0 Å². The van der Waals surface area contributed by atoms with E-state index in [1.165, 1.54) is 40.7 Å². The van der Waals surface area contributed by atoms with E-state index in [1.54, 1.807) is 5.56 Å². The molecule has 0 radical (unpaired) electrons. The van der Waals surface area contributed by atoms with Crippen molar-refractivity contribution in [1.29, 1.82) is 0 Å². The topological polar surface area (TPSA) is 0 Å². The maximum atomic E-state index is 4.31. The molecule has 4 rings (SSSR count). The van der Waals surface area contributed by atoms with Gasteiger partial charge in [0.15, 0.2) is 0 Å². The van der Waals surface area contributed by atoms with E-state index in [1.807, 2.05) is 0 Å². The number of hydrogen-bond donors (Lipinski definition) is 0. The first-order valence-electron chi connectivity index (χ1n) is 6.45. The predicted molar refractivity (Wildman–Crippen MR) is 73.6 cm³/mol. The Hall–Kier alpha value is -1.56. The summed E-state index contributed by atoms with van der Waals surface area (Å²) < 4.78 is 0. The molecule has 2 atom stereocenters. The van der Waals surface area contributed by atoms with Crippen molar-refractivity contribution in [3.63, 3.8) is 0 Å². The molecule has 1 saturated carbocycles. The van der Waals surface area contributed by atoms with E-state index in [-0.39, 0.29) is 0 Å². The average Bonchev–Trinajstić information content (AvgIpc) is 3.08. The Balaban J connectivity index is 2.04. The number of allylic oxidation sites excluding steroid dienone is 3. The lowest BCUT2D eigenvalue weighted by Gasteiger charge is -2.25. The standard InChI is InChI=1S/C17H16/c1-10-4-3-5-12-6-7-14-15-9-13(15)8-11(2)17(14)16(10)12/h3,5-7,13,15H,1-2,4,8-9H2. The summed E-state index contributed by atoms with van der Waals surface area (Å²) in [5.74, 6) is 1.71. The van der Waals surface area contributed by atoms with Crippen LogP contribution in [0.15, 0.2) is 31.4 Å². The molecule has 0 amide bonds. The molecule has 0 spiro atoms. The van der Waals surface area contributed by atoms with Gasteiger partial charge in [0.1, 0.15) is 0 Å². The van der Waals surface area contributed by atoms with Crippen LogP contribution in [-0.2, 0) is 0 Å². The van der Waals surface area contributed by atoms with Gasteiger partial charge in [0, 0.05) is 0 Å². The summed E-state index contributed by atoms with van der Waals surface area (Å²) >= 11 is 0. The Kier molecular flexibility index (Phi) is 1.68. The summed E-state index contributed by atoms with van der Waals surface area (Å²) in [6.07, 6.45) is 8.00. The maximum Gasteiger partial charge on any atom is -0.00768 e. The van der Waals surface area contributed by atoms with Crippen molar-refractivity contribution in [2.24, 2.45) is 5.92 Å². The van der Waals surface area contributed by atoms with Gasteiger partial charge in [0.05, 0.1) is 0 Å². The van der Waals surface area contributed by atoms with Crippen LogP contribution in [0.2, 0.25) is 0 Å². The summed E-state index contributed by atoms with van der Waals surface area (Å²) in [4.78, 5) is 0. The Labute approximate surface area is 102 Å². The van der Waals surface area contributed by atoms with Crippen LogP contribution >= 0.6 is 0 Å². The Morgan fingerprint density at radius 3 is 2.82 bits per heavy atom. The maximum absolute atomic E-state index is 4.31. The molecular formula is C17H16. The Bertz CT molecular complexity index is 586. The van der Waals surface area contributed by atoms with Crippen LogP contribution in [-0.4, -0.2) is 0 Å². The van der Waals surface area contributed by atoms with E-state index in [2.05, 4.69) is 37.4 Å². The van der Waals surface area contributed by atoms with Crippen molar-refractivity contribution in [3.8, 4) is 0 Å². The molecule has 2 unspecified atom stereocenters. The molecule has 0 N–H and O–H groups in total. The fourth-order valence-electron chi connectivity index (χ4n) is 3.55. The van der Waals surface area contributed by atoms with Crippen molar-refractivity contribution in [2.75, 3.05) is 0 Å². The molecule has 3 aliphatic carbocycles. The predicted octanol–water partition coefficient (Wildman–Crippen LogP) is 4.64. The number of rotatable bonds is 0. The molecule has 0 heterocycles. The van der Waals surface area contributed by atoms with Crippen LogP contribution in [0.5, 0.6) is 0 Å². The van der Waals surface area contributed by atoms with Crippen molar-refractivity contribution in [2.45, 2.75) is 25.2 Å². The van der Waals surface area contributed by atoms with E-state index in [0.717, 1.165) is 18.3 Å². The van der Waals surface area contributed by atoms with Gasteiger partial charge in [-0.25, -0.2) is 0 Å². The zero-order chi connectivity index (χ0) is 11.6. The lowest BCUT2D eigenvalue weighted by Crippen LogP contribution is -2.07. The average molecular weight is 220 g/mol. The van der Waals surface area contributed by atoms with Crippen molar-refractivity contribution in [1.82, 2.24) is 0 Å². The van der Waals surface area contributed by atoms with E-state index < -0.39 is 0 Å². The number of hydrogen-bond acceptors (Lipinski definition) is 0. The van der Waals surface area contributed by atoms with Gasteiger partial charge in [-0.2, -0.15) is 0 Å². The second-order valence-corrected chi connectivity index (χ2v) is 5.61. The number of benzene rings is 1. The third-order valence-corrected chi connectivity index (χ3v) is 4.47. The first kappa shape index (κ1) is 9.47. The van der Waals surface area contributed by atoms with Crippen molar-refractivity contribution >= 4 is 17.2 Å². The fourth-order valence-corrected chi connectivity index (χ4v) is 3.55. The zero-order valence-electron chi connectivity index (χ0n) is 10.00. The minimum absolute atomic E-state index is 0.819. The first-order chi connectivity index (χ1) is 8.25. The van der Waals surface area contributed by atoms with E-state index >= 15 is 0 Å². The molecule has 0 aromatic heterocycles. The molecule has 0 nitrogen and oxygen atoms in total. The van der Waals surface area contributed by atoms with E-state index in [4.69, 9.17) is 0 Å². The van der Waals surface area contributed by atoms with E-state index in [9.17, 15) is 0 Å². The molecule has 84 valence electrons. The summed E-state index contributed by atoms with van der Waals surface area (Å²) in [6.45, 7) is 8.55. The van der Waals surface area contributed by atoms with Crippen LogP contribution in [0.4, 0.5) is 0 Å². The summed E-state index contributed by atoms with van der Waals surface area (Å²) in [7, 11) is 0. The summed E-state index contributed by atoms with van der Waals surface area (Å²) in [5, 5.41) is 0. The number of fused-ring (bicyclic) bond motifs is 5. The lowest BCUT2D eigenvalue weighted by atomic mass is 9.79. The third kappa shape index (κ3) is 1.18. The first-order valence-corrected chi connectivity index (χ1v) is 6.45. The normalized spacial score (nSPS) is 28.5. The lowest BCUT2D eigenvalue weighted by molar-refractivity contribution is 0.807. The quantitative estimate of drug-likeness (QED) is 0.597.